The van der Waals surface area contributed by atoms with Gasteiger partial charge < -0.3 is 5.11 Å². The molecular formula is C15H25NO2. The number of hydrogen-bond acceptors (Lipinski definition) is 2. The van der Waals surface area contributed by atoms with Crippen molar-refractivity contribution in [2.45, 2.75) is 76.4 Å². The molecule has 3 rings (SSSR count). The van der Waals surface area contributed by atoms with E-state index in [9.17, 15) is 9.90 Å². The maximum absolute atomic E-state index is 11.3. The van der Waals surface area contributed by atoms with Gasteiger partial charge in [0.05, 0.1) is 5.92 Å². The number of nitrogens with zero attached hydrogens (tertiary/aromatic N) is 1. The first-order chi connectivity index (χ1) is 8.70. The van der Waals surface area contributed by atoms with Crippen LogP contribution in [0.15, 0.2) is 0 Å². The predicted molar refractivity (Wildman–Crippen MR) is 70.4 cm³/mol. The second-order valence-electron chi connectivity index (χ2n) is 6.52. The van der Waals surface area contributed by atoms with Crippen molar-refractivity contribution in [1.82, 2.24) is 4.90 Å². The van der Waals surface area contributed by atoms with Gasteiger partial charge in [-0.25, -0.2) is 0 Å². The highest BCUT2D eigenvalue weighted by molar-refractivity contribution is 5.71. The minimum atomic E-state index is -0.560. The number of carboxylic acid groups (broad SMARTS) is 1. The Labute approximate surface area is 110 Å². The summed E-state index contributed by atoms with van der Waals surface area (Å²) in [6, 6.07) is 1.62. The van der Waals surface area contributed by atoms with Crippen molar-refractivity contribution in [2.24, 2.45) is 11.8 Å². The van der Waals surface area contributed by atoms with Crippen molar-refractivity contribution in [3.05, 3.63) is 0 Å². The van der Waals surface area contributed by atoms with Gasteiger partial charge in [0.25, 0.3) is 0 Å². The number of carbonyl (C=O) groups is 1. The number of carboxylic acids is 1. The molecule has 5 atom stereocenters. The van der Waals surface area contributed by atoms with E-state index in [1.54, 1.807) is 0 Å². The largest absolute Gasteiger partial charge is 0.481 e. The summed E-state index contributed by atoms with van der Waals surface area (Å²) in [6.45, 7) is 2.30. The average molecular weight is 251 g/mol. The van der Waals surface area contributed by atoms with Gasteiger partial charge in [-0.2, -0.15) is 0 Å². The van der Waals surface area contributed by atoms with Crippen LogP contribution in [0.5, 0.6) is 0 Å². The third kappa shape index (κ3) is 1.97. The molecule has 1 N–H and O–H groups in total. The second kappa shape index (κ2) is 4.84. The molecule has 2 aliphatic heterocycles. The van der Waals surface area contributed by atoms with Crippen LogP contribution in [-0.4, -0.2) is 34.1 Å². The number of rotatable bonds is 3. The molecule has 3 nitrogen and oxygen atoms in total. The van der Waals surface area contributed by atoms with Crippen LogP contribution >= 0.6 is 0 Å². The van der Waals surface area contributed by atoms with Crippen LogP contribution in [0.1, 0.15) is 58.3 Å². The molecule has 2 heterocycles. The summed E-state index contributed by atoms with van der Waals surface area (Å²) < 4.78 is 0. The van der Waals surface area contributed by atoms with Gasteiger partial charge in [0.2, 0.25) is 0 Å². The standard InChI is InChI=1S/C15H25NO2/c1-2-10-4-3-5-11(8-10)16-12-6-7-14(16)13(9-12)15(17)18/h10-14H,2-9H2,1H3,(H,17,18). The van der Waals surface area contributed by atoms with Crippen LogP contribution in [-0.2, 0) is 4.79 Å². The molecule has 18 heavy (non-hydrogen) atoms. The van der Waals surface area contributed by atoms with E-state index in [0.29, 0.717) is 18.1 Å². The molecule has 2 saturated heterocycles. The van der Waals surface area contributed by atoms with Crippen LogP contribution in [0.2, 0.25) is 0 Å². The Kier molecular flexibility index (Phi) is 3.35. The molecule has 0 aromatic rings. The van der Waals surface area contributed by atoms with E-state index in [1.165, 1.54) is 38.5 Å². The lowest BCUT2D eigenvalue weighted by Gasteiger charge is -2.38. The third-order valence-electron chi connectivity index (χ3n) is 5.66. The zero-order chi connectivity index (χ0) is 12.7. The van der Waals surface area contributed by atoms with Crippen molar-refractivity contribution in [3.8, 4) is 0 Å². The predicted octanol–water partition coefficient (Wildman–Crippen LogP) is 2.89. The van der Waals surface area contributed by atoms with Gasteiger partial charge in [-0.15, -0.1) is 0 Å². The summed E-state index contributed by atoms with van der Waals surface area (Å²) in [5, 5.41) is 9.32. The Balaban J connectivity index is 1.71. The van der Waals surface area contributed by atoms with Gasteiger partial charge in [-0.3, -0.25) is 9.69 Å². The van der Waals surface area contributed by atoms with Gasteiger partial charge in [-0.05, 0) is 38.0 Å². The fourth-order valence-corrected chi connectivity index (χ4v) is 4.77. The highest BCUT2D eigenvalue weighted by Gasteiger charge is 2.51. The van der Waals surface area contributed by atoms with Crippen LogP contribution < -0.4 is 0 Å². The third-order valence-corrected chi connectivity index (χ3v) is 5.66. The molecule has 3 aliphatic rings. The van der Waals surface area contributed by atoms with Crippen LogP contribution in [0, 0.1) is 11.8 Å². The number of hydrogen-bond donors (Lipinski definition) is 1. The molecule has 3 fully saturated rings. The Morgan fingerprint density at radius 1 is 1.17 bits per heavy atom. The first-order valence-electron chi connectivity index (χ1n) is 7.71. The summed E-state index contributed by atoms with van der Waals surface area (Å²) in [4.78, 5) is 13.9. The molecule has 0 aromatic carbocycles. The molecular weight excluding hydrogens is 226 g/mol. The van der Waals surface area contributed by atoms with Crippen molar-refractivity contribution in [2.75, 3.05) is 0 Å². The molecule has 1 saturated carbocycles. The number of aliphatic carboxylic acids is 1. The lowest BCUT2D eigenvalue weighted by atomic mass is 9.83. The van der Waals surface area contributed by atoms with E-state index in [1.807, 2.05) is 0 Å². The maximum atomic E-state index is 11.3. The fourth-order valence-electron chi connectivity index (χ4n) is 4.77. The van der Waals surface area contributed by atoms with Crippen LogP contribution in [0.25, 0.3) is 0 Å². The Morgan fingerprint density at radius 2 is 1.94 bits per heavy atom. The van der Waals surface area contributed by atoms with Gasteiger partial charge in [0.15, 0.2) is 0 Å². The first kappa shape index (κ1) is 12.5. The molecule has 1 aliphatic carbocycles. The topological polar surface area (TPSA) is 40.5 Å². The summed E-state index contributed by atoms with van der Waals surface area (Å²) in [6.07, 6.45) is 9.91. The Morgan fingerprint density at radius 3 is 2.61 bits per heavy atom. The number of fused-ring (bicyclic) bond motifs is 2. The van der Waals surface area contributed by atoms with E-state index in [4.69, 9.17) is 0 Å². The zero-order valence-electron chi connectivity index (χ0n) is 11.3. The van der Waals surface area contributed by atoms with E-state index in [0.717, 1.165) is 18.8 Å². The van der Waals surface area contributed by atoms with Gasteiger partial charge in [-0.1, -0.05) is 26.2 Å². The fraction of sp³-hybridized carbons (Fsp3) is 0.933. The normalized spacial score (nSPS) is 44.4. The van der Waals surface area contributed by atoms with E-state index < -0.39 is 5.97 Å². The molecule has 0 aromatic heterocycles. The highest BCUT2D eigenvalue weighted by atomic mass is 16.4. The maximum Gasteiger partial charge on any atom is 0.308 e. The lowest BCUT2D eigenvalue weighted by Crippen LogP contribution is -2.43. The lowest BCUT2D eigenvalue weighted by molar-refractivity contribution is -0.142. The van der Waals surface area contributed by atoms with Crippen molar-refractivity contribution < 1.29 is 9.90 Å². The van der Waals surface area contributed by atoms with Crippen LogP contribution in [0.4, 0.5) is 0 Å². The van der Waals surface area contributed by atoms with Crippen molar-refractivity contribution >= 4 is 5.97 Å². The Bertz CT molecular complexity index is 330. The summed E-state index contributed by atoms with van der Waals surface area (Å²) >= 11 is 0. The second-order valence-corrected chi connectivity index (χ2v) is 6.52. The summed E-state index contributed by atoms with van der Waals surface area (Å²) in [5.41, 5.74) is 0. The molecule has 3 heteroatoms. The first-order valence-corrected chi connectivity index (χ1v) is 7.71. The average Bonchev–Trinajstić information content (AvgIpc) is 2.96. The molecule has 102 valence electrons. The molecule has 0 amide bonds. The molecule has 5 unspecified atom stereocenters. The van der Waals surface area contributed by atoms with Crippen molar-refractivity contribution in [1.29, 1.82) is 0 Å². The van der Waals surface area contributed by atoms with Gasteiger partial charge in [0.1, 0.15) is 0 Å². The van der Waals surface area contributed by atoms with Crippen molar-refractivity contribution in [3.63, 3.8) is 0 Å². The van der Waals surface area contributed by atoms with Gasteiger partial charge in [0, 0.05) is 18.1 Å². The quantitative estimate of drug-likeness (QED) is 0.838. The van der Waals surface area contributed by atoms with Gasteiger partial charge >= 0.3 is 5.97 Å². The minimum absolute atomic E-state index is 0.0780. The molecule has 0 radical (unpaired) electrons. The minimum Gasteiger partial charge on any atom is -0.481 e. The SMILES string of the molecule is CCC1CCCC(N2C3CCC2C(C(=O)O)C3)C1. The smallest absolute Gasteiger partial charge is 0.308 e. The van der Waals surface area contributed by atoms with E-state index in [-0.39, 0.29) is 5.92 Å². The Hall–Kier alpha value is -0.570. The highest BCUT2D eigenvalue weighted by Crippen LogP contribution is 2.46. The van der Waals surface area contributed by atoms with E-state index in [2.05, 4.69) is 11.8 Å². The van der Waals surface area contributed by atoms with Crippen LogP contribution in [0.3, 0.4) is 0 Å². The zero-order valence-corrected chi connectivity index (χ0v) is 11.3. The molecule has 0 spiro atoms. The molecule has 2 bridgehead atoms. The van der Waals surface area contributed by atoms with E-state index >= 15 is 0 Å². The summed E-state index contributed by atoms with van der Waals surface area (Å²) in [5.74, 6) is 0.243. The monoisotopic (exact) mass is 251 g/mol. The summed E-state index contributed by atoms with van der Waals surface area (Å²) in [7, 11) is 0.